The molecule has 1 N–H and O–H groups in total. The number of nitrogens with zero attached hydrogens (tertiary/aromatic N) is 1. The fraction of sp³-hybridized carbons (Fsp3) is 0.0588. The van der Waals surface area contributed by atoms with E-state index in [1.54, 1.807) is 36.4 Å². The smallest absolute Gasteiger partial charge is 0.335 e. The summed E-state index contributed by atoms with van der Waals surface area (Å²) in [6.07, 6.45) is 0. The Balaban J connectivity index is 2.05. The predicted molar refractivity (Wildman–Crippen MR) is 83.7 cm³/mol. The van der Waals surface area contributed by atoms with Gasteiger partial charge < -0.3 is 9.84 Å². The fourth-order valence-electron chi connectivity index (χ4n) is 2.33. The van der Waals surface area contributed by atoms with E-state index in [0.717, 1.165) is 4.74 Å². The van der Waals surface area contributed by atoms with E-state index in [2.05, 4.69) is 5.32 Å². The first-order valence-corrected chi connectivity index (χ1v) is 6.89. The number of amides is 1. The van der Waals surface area contributed by atoms with Crippen LogP contribution in [0.4, 0.5) is 10.1 Å². The number of carbonyl (C=O) groups is 1. The van der Waals surface area contributed by atoms with E-state index in [0.29, 0.717) is 5.56 Å². The highest BCUT2D eigenvalue weighted by molar-refractivity contribution is 6.07. The van der Waals surface area contributed by atoms with Gasteiger partial charge in [0.2, 0.25) is 0 Å². The number of hydrogen-bond acceptors (Lipinski definition) is 3. The predicted octanol–water partition coefficient (Wildman–Crippen LogP) is 3.04. The molecule has 1 amide bonds. The molecule has 0 atom stereocenters. The van der Waals surface area contributed by atoms with Gasteiger partial charge in [-0.15, -0.1) is 0 Å². The maximum absolute atomic E-state index is 13.7. The van der Waals surface area contributed by atoms with Crippen molar-refractivity contribution in [2.45, 2.75) is 0 Å². The van der Waals surface area contributed by atoms with Gasteiger partial charge in [0.15, 0.2) is 5.69 Å². The van der Waals surface area contributed by atoms with E-state index in [1.165, 1.54) is 25.2 Å². The summed E-state index contributed by atoms with van der Waals surface area (Å²) < 4.78 is 19.8. The molecule has 0 aliphatic carbocycles. The van der Waals surface area contributed by atoms with Gasteiger partial charge in [-0.2, -0.15) is 0 Å². The lowest BCUT2D eigenvalue weighted by Crippen LogP contribution is -2.17. The summed E-state index contributed by atoms with van der Waals surface area (Å²) in [5.74, 6) is -1.18. The number of hydrogen-bond donors (Lipinski definition) is 1. The summed E-state index contributed by atoms with van der Waals surface area (Å²) in [6.45, 7) is 0. The summed E-state index contributed by atoms with van der Waals surface area (Å²) >= 11 is 0. The Hall–Kier alpha value is -3.15. The van der Waals surface area contributed by atoms with Crippen molar-refractivity contribution in [2.75, 3.05) is 5.32 Å². The van der Waals surface area contributed by atoms with Crippen molar-refractivity contribution < 1.29 is 13.7 Å². The highest BCUT2D eigenvalue weighted by Crippen LogP contribution is 2.22. The Labute approximate surface area is 130 Å². The van der Waals surface area contributed by atoms with Crippen LogP contribution in [-0.2, 0) is 7.05 Å². The first kappa shape index (κ1) is 14.8. The van der Waals surface area contributed by atoms with Gasteiger partial charge in [0, 0.05) is 7.05 Å². The van der Waals surface area contributed by atoms with Crippen molar-refractivity contribution in [1.29, 1.82) is 0 Å². The first-order valence-electron chi connectivity index (χ1n) is 6.89. The third kappa shape index (κ3) is 2.78. The average molecular weight is 312 g/mol. The number of aryl methyl sites for hydroxylation is 1. The Kier molecular flexibility index (Phi) is 3.80. The molecule has 0 aliphatic rings. The summed E-state index contributed by atoms with van der Waals surface area (Å²) in [5.41, 5.74) is 0.134. The van der Waals surface area contributed by atoms with Crippen LogP contribution in [-0.4, -0.2) is 10.6 Å². The Bertz CT molecular complexity index is 913. The topological polar surface area (TPSA) is 64.2 Å². The summed E-state index contributed by atoms with van der Waals surface area (Å²) in [6, 6.07) is 14.5. The van der Waals surface area contributed by atoms with Gasteiger partial charge >= 0.3 is 5.63 Å². The molecule has 0 aliphatic heterocycles. The molecule has 0 saturated heterocycles. The summed E-state index contributed by atoms with van der Waals surface area (Å²) in [4.78, 5) is 24.5. The average Bonchev–Trinajstić information content (AvgIpc) is 2.85. The van der Waals surface area contributed by atoms with Crippen molar-refractivity contribution in [1.82, 2.24) is 4.74 Å². The zero-order valence-electron chi connectivity index (χ0n) is 12.2. The van der Waals surface area contributed by atoms with Gasteiger partial charge in [-0.1, -0.05) is 42.5 Å². The van der Waals surface area contributed by atoms with Crippen molar-refractivity contribution in [2.24, 2.45) is 7.05 Å². The van der Waals surface area contributed by atoms with Crippen LogP contribution >= 0.6 is 0 Å². The molecule has 0 radical (unpaired) electrons. The third-order valence-corrected chi connectivity index (χ3v) is 3.38. The van der Waals surface area contributed by atoms with Gasteiger partial charge in [0.25, 0.3) is 5.91 Å². The third-order valence-electron chi connectivity index (χ3n) is 3.38. The van der Waals surface area contributed by atoms with Crippen LogP contribution in [0.2, 0.25) is 0 Å². The van der Waals surface area contributed by atoms with Crippen LogP contribution in [0.15, 0.2) is 63.9 Å². The molecular weight excluding hydrogens is 299 g/mol. The highest BCUT2D eigenvalue weighted by Gasteiger charge is 2.23. The minimum Gasteiger partial charge on any atom is -0.335 e. The lowest BCUT2D eigenvalue weighted by atomic mass is 10.1. The number of anilines is 1. The SMILES string of the molecule is Cn1oc(=O)c(-c2ccccc2)c1C(=O)Nc1ccccc1F. The molecule has 116 valence electrons. The quantitative estimate of drug-likeness (QED) is 0.808. The molecule has 6 heteroatoms. The molecule has 0 fully saturated rings. The van der Waals surface area contributed by atoms with Gasteiger partial charge in [0.1, 0.15) is 11.4 Å². The number of nitrogens with one attached hydrogen (secondary N) is 1. The molecule has 0 unspecified atom stereocenters. The number of benzene rings is 2. The zero-order valence-corrected chi connectivity index (χ0v) is 12.2. The van der Waals surface area contributed by atoms with Crippen LogP contribution in [0.3, 0.4) is 0 Å². The molecule has 5 nitrogen and oxygen atoms in total. The van der Waals surface area contributed by atoms with Crippen molar-refractivity contribution in [3.05, 3.63) is 76.5 Å². The van der Waals surface area contributed by atoms with E-state index < -0.39 is 17.3 Å². The molecule has 0 spiro atoms. The van der Waals surface area contributed by atoms with E-state index in [9.17, 15) is 14.0 Å². The lowest BCUT2D eigenvalue weighted by Gasteiger charge is -2.07. The zero-order chi connectivity index (χ0) is 16.4. The Morgan fingerprint density at radius 2 is 1.74 bits per heavy atom. The van der Waals surface area contributed by atoms with E-state index in [1.807, 2.05) is 0 Å². The number of para-hydroxylation sites is 1. The van der Waals surface area contributed by atoms with Crippen LogP contribution in [0.25, 0.3) is 11.1 Å². The Morgan fingerprint density at radius 3 is 2.43 bits per heavy atom. The van der Waals surface area contributed by atoms with Crippen LogP contribution < -0.4 is 10.9 Å². The standard InChI is InChI=1S/C17H13FN2O3/c1-20-15(16(21)19-13-10-6-5-9-12(13)18)14(17(22)23-20)11-7-3-2-4-8-11/h2-10H,1H3,(H,19,21). The molecule has 1 aromatic heterocycles. The maximum Gasteiger partial charge on any atom is 0.366 e. The molecule has 0 bridgehead atoms. The second-order valence-electron chi connectivity index (χ2n) is 4.90. The van der Waals surface area contributed by atoms with Gasteiger partial charge in [0.05, 0.1) is 5.69 Å². The molecule has 0 saturated carbocycles. The first-order chi connectivity index (χ1) is 11.1. The minimum atomic E-state index is -0.627. The monoisotopic (exact) mass is 312 g/mol. The van der Waals surface area contributed by atoms with E-state index in [-0.39, 0.29) is 16.9 Å². The molecule has 3 aromatic rings. The molecular formula is C17H13FN2O3. The summed E-state index contributed by atoms with van der Waals surface area (Å²) in [7, 11) is 1.45. The molecule has 3 rings (SSSR count). The van der Waals surface area contributed by atoms with E-state index in [4.69, 9.17) is 4.52 Å². The van der Waals surface area contributed by atoms with Gasteiger partial charge in [-0.05, 0) is 17.7 Å². The fourth-order valence-corrected chi connectivity index (χ4v) is 2.33. The van der Waals surface area contributed by atoms with Crippen molar-refractivity contribution >= 4 is 11.6 Å². The molecule has 2 aromatic carbocycles. The van der Waals surface area contributed by atoms with Crippen LogP contribution in [0.5, 0.6) is 0 Å². The molecule has 1 heterocycles. The summed E-state index contributed by atoms with van der Waals surface area (Å²) in [5, 5.41) is 2.46. The Morgan fingerprint density at radius 1 is 1.09 bits per heavy atom. The van der Waals surface area contributed by atoms with Crippen molar-refractivity contribution in [3.63, 3.8) is 0 Å². The number of rotatable bonds is 3. The lowest BCUT2D eigenvalue weighted by molar-refractivity contribution is 0.100. The normalized spacial score (nSPS) is 10.5. The van der Waals surface area contributed by atoms with Gasteiger partial charge in [-0.25, -0.2) is 13.9 Å². The maximum atomic E-state index is 13.7. The second-order valence-corrected chi connectivity index (χ2v) is 4.90. The van der Waals surface area contributed by atoms with E-state index >= 15 is 0 Å². The number of carbonyl (C=O) groups excluding carboxylic acids is 1. The number of aromatic nitrogens is 1. The second kappa shape index (κ2) is 5.92. The molecule has 23 heavy (non-hydrogen) atoms. The van der Waals surface area contributed by atoms with Crippen LogP contribution in [0, 0.1) is 5.82 Å². The minimum absolute atomic E-state index is 0.0319. The van der Waals surface area contributed by atoms with Gasteiger partial charge in [-0.3, -0.25) is 4.79 Å². The van der Waals surface area contributed by atoms with Crippen molar-refractivity contribution in [3.8, 4) is 11.1 Å². The van der Waals surface area contributed by atoms with Crippen LogP contribution in [0.1, 0.15) is 10.5 Å². The number of halogens is 1. The highest BCUT2D eigenvalue weighted by atomic mass is 19.1. The largest absolute Gasteiger partial charge is 0.366 e.